The molecule has 1 unspecified atom stereocenters. The smallest absolute Gasteiger partial charge is 0.224 e. The van der Waals surface area contributed by atoms with Crippen molar-refractivity contribution in [1.82, 2.24) is 0 Å². The molecule has 198 valence electrons. The lowest BCUT2D eigenvalue weighted by atomic mass is 9.88. The molecule has 0 fully saturated rings. The third-order valence-electron chi connectivity index (χ3n) is 6.77. The Kier molecular flexibility index (Phi) is 6.43. The van der Waals surface area contributed by atoms with Crippen molar-refractivity contribution in [3.63, 3.8) is 0 Å². The van der Waals surface area contributed by atoms with Crippen LogP contribution in [0.3, 0.4) is 0 Å². The van der Waals surface area contributed by atoms with Gasteiger partial charge in [-0.25, -0.2) is 12.8 Å². The summed E-state index contributed by atoms with van der Waals surface area (Å²) in [5, 5.41) is 14.0. The number of carbonyl (C=O) groups excluding carboxylic acids is 1. The van der Waals surface area contributed by atoms with Gasteiger partial charge in [-0.1, -0.05) is 50.2 Å². The van der Waals surface area contributed by atoms with Gasteiger partial charge < -0.3 is 15.2 Å². The molecule has 0 saturated carbocycles. The van der Waals surface area contributed by atoms with Crippen LogP contribution in [0.5, 0.6) is 11.5 Å². The predicted octanol–water partition coefficient (Wildman–Crippen LogP) is 5.69. The second-order valence-electron chi connectivity index (χ2n) is 10.5. The van der Waals surface area contributed by atoms with E-state index in [1.54, 1.807) is 18.2 Å². The standard InChI is InChI=1S/C29H29FN2O5S/c1-18(33)32-26(21-13-12-20(14-22(21)30)37-16-19-8-5-4-6-9-19)28-24(15-29(2,3)17-38(28,35)36)31-23-10-7-11-25(34)27(23)32/h4-14,26,31,34H,15-17H2,1-3H3. The van der Waals surface area contributed by atoms with E-state index in [-0.39, 0.29) is 40.0 Å². The summed E-state index contributed by atoms with van der Waals surface area (Å²) >= 11 is 0. The number of carbonyl (C=O) groups is 1. The van der Waals surface area contributed by atoms with Crippen LogP contribution in [0.15, 0.2) is 77.3 Å². The maximum absolute atomic E-state index is 15.9. The number of amides is 1. The van der Waals surface area contributed by atoms with Gasteiger partial charge in [0.1, 0.15) is 35.7 Å². The summed E-state index contributed by atoms with van der Waals surface area (Å²) in [6.07, 6.45) is 0.360. The third-order valence-corrected chi connectivity index (χ3v) is 9.07. The number of rotatable bonds is 4. The van der Waals surface area contributed by atoms with E-state index in [2.05, 4.69) is 5.32 Å². The molecule has 1 atom stereocenters. The molecule has 38 heavy (non-hydrogen) atoms. The molecule has 2 heterocycles. The molecule has 9 heteroatoms. The number of nitrogens with one attached hydrogen (secondary N) is 1. The first-order chi connectivity index (χ1) is 18.0. The van der Waals surface area contributed by atoms with E-state index in [1.165, 1.54) is 30.0 Å². The highest BCUT2D eigenvalue weighted by atomic mass is 32.2. The molecule has 5 rings (SSSR count). The largest absolute Gasteiger partial charge is 0.506 e. The number of fused-ring (bicyclic) bond motifs is 1. The summed E-state index contributed by atoms with van der Waals surface area (Å²) in [6.45, 7) is 5.19. The number of hydrogen-bond acceptors (Lipinski definition) is 6. The van der Waals surface area contributed by atoms with Crippen LogP contribution in [-0.2, 0) is 21.2 Å². The third kappa shape index (κ3) is 4.74. The number of benzene rings is 3. The fourth-order valence-electron chi connectivity index (χ4n) is 5.31. The van der Waals surface area contributed by atoms with Crippen LogP contribution in [-0.4, -0.2) is 25.2 Å². The van der Waals surface area contributed by atoms with Crippen molar-refractivity contribution in [2.24, 2.45) is 5.41 Å². The van der Waals surface area contributed by atoms with Gasteiger partial charge in [0.15, 0.2) is 9.84 Å². The summed E-state index contributed by atoms with van der Waals surface area (Å²) in [5.74, 6) is -1.39. The van der Waals surface area contributed by atoms with Crippen LogP contribution in [0, 0.1) is 11.2 Å². The van der Waals surface area contributed by atoms with Gasteiger partial charge in [0.05, 0.1) is 16.3 Å². The number of ether oxygens (including phenoxy) is 1. The van der Waals surface area contributed by atoms with Crippen LogP contribution in [0.1, 0.15) is 44.4 Å². The van der Waals surface area contributed by atoms with Gasteiger partial charge in [-0.05, 0) is 41.7 Å². The van der Waals surface area contributed by atoms with Crippen LogP contribution >= 0.6 is 0 Å². The molecule has 3 aromatic rings. The molecule has 2 N–H and O–H groups in total. The Hall–Kier alpha value is -3.85. The number of aromatic hydroxyl groups is 1. The van der Waals surface area contributed by atoms with Crippen molar-refractivity contribution in [3.05, 3.63) is 94.3 Å². The maximum atomic E-state index is 15.9. The number of nitrogens with zero attached hydrogens (tertiary/aromatic N) is 1. The van der Waals surface area contributed by atoms with E-state index in [0.717, 1.165) is 5.56 Å². The Balaban J connectivity index is 1.67. The first-order valence-electron chi connectivity index (χ1n) is 12.3. The van der Waals surface area contributed by atoms with Crippen molar-refractivity contribution in [3.8, 4) is 11.5 Å². The highest BCUT2D eigenvalue weighted by Crippen LogP contribution is 2.52. The van der Waals surface area contributed by atoms with Crippen molar-refractivity contribution < 1.29 is 27.4 Å². The van der Waals surface area contributed by atoms with E-state index in [1.807, 2.05) is 44.2 Å². The minimum absolute atomic E-state index is 0.0130. The van der Waals surface area contributed by atoms with Gasteiger partial charge in [-0.3, -0.25) is 9.69 Å². The van der Waals surface area contributed by atoms with Crippen LogP contribution in [0.25, 0.3) is 0 Å². The molecule has 0 spiro atoms. The number of hydrogen-bond donors (Lipinski definition) is 2. The lowest BCUT2D eigenvalue weighted by Crippen LogP contribution is -2.40. The van der Waals surface area contributed by atoms with Gasteiger partial charge in [0.25, 0.3) is 0 Å². The van der Waals surface area contributed by atoms with Crippen molar-refractivity contribution in [1.29, 1.82) is 0 Å². The lowest BCUT2D eigenvalue weighted by Gasteiger charge is -2.37. The van der Waals surface area contributed by atoms with Crippen LogP contribution < -0.4 is 15.0 Å². The summed E-state index contributed by atoms with van der Waals surface area (Å²) < 4.78 is 49.1. The normalized spacial score (nSPS) is 19.6. The molecular weight excluding hydrogens is 507 g/mol. The maximum Gasteiger partial charge on any atom is 0.224 e. The van der Waals surface area contributed by atoms with Crippen LogP contribution in [0.2, 0.25) is 0 Å². The number of allylic oxidation sites excluding steroid dienone is 1. The van der Waals surface area contributed by atoms with Gasteiger partial charge >= 0.3 is 0 Å². The highest BCUT2D eigenvalue weighted by Gasteiger charge is 2.47. The number of phenols is 1. The quantitative estimate of drug-likeness (QED) is 0.445. The minimum atomic E-state index is -3.94. The molecule has 1 amide bonds. The SMILES string of the molecule is CC(=O)N1c2c(O)cccc2NC2=C(C1c1ccc(OCc3ccccc3)cc1F)S(=O)(=O)CC(C)(C)C2. The van der Waals surface area contributed by atoms with E-state index in [9.17, 15) is 18.3 Å². The fraction of sp³-hybridized carbons (Fsp3) is 0.276. The molecular formula is C29H29FN2O5S. The molecule has 2 aliphatic heterocycles. The van der Waals surface area contributed by atoms with Crippen molar-refractivity contribution in [2.75, 3.05) is 16.0 Å². The summed E-state index contributed by atoms with van der Waals surface area (Å²) in [5.41, 5.74) is 1.15. The average molecular weight is 537 g/mol. The van der Waals surface area contributed by atoms with E-state index in [4.69, 9.17) is 4.74 Å². The number of anilines is 2. The number of para-hydroxylation sites is 1. The fourth-order valence-corrected chi connectivity index (χ4v) is 7.67. The van der Waals surface area contributed by atoms with E-state index >= 15 is 4.39 Å². The summed E-state index contributed by atoms with van der Waals surface area (Å²) in [4.78, 5) is 14.2. The second kappa shape index (κ2) is 9.47. The second-order valence-corrected chi connectivity index (χ2v) is 12.4. The summed E-state index contributed by atoms with van der Waals surface area (Å²) in [6, 6.07) is 17.0. The Morgan fingerprint density at radius 2 is 1.87 bits per heavy atom. The number of halogens is 1. The molecule has 0 aromatic heterocycles. The molecule has 0 radical (unpaired) electrons. The summed E-state index contributed by atoms with van der Waals surface area (Å²) in [7, 11) is -3.94. The Labute approximate surface area is 221 Å². The molecule has 0 saturated heterocycles. The predicted molar refractivity (Wildman–Crippen MR) is 144 cm³/mol. The van der Waals surface area contributed by atoms with E-state index < -0.39 is 33.0 Å². The minimum Gasteiger partial charge on any atom is -0.506 e. The monoisotopic (exact) mass is 536 g/mol. The average Bonchev–Trinajstić information content (AvgIpc) is 2.97. The first kappa shape index (κ1) is 25.8. The number of phenolic OH excluding ortho intramolecular Hbond substituents is 1. The Morgan fingerprint density at radius 1 is 1.13 bits per heavy atom. The number of sulfone groups is 1. The van der Waals surface area contributed by atoms with Gasteiger partial charge in [-0.15, -0.1) is 0 Å². The molecule has 2 aliphatic rings. The van der Waals surface area contributed by atoms with Gasteiger partial charge in [0.2, 0.25) is 5.91 Å². The zero-order valence-corrected chi connectivity index (χ0v) is 22.2. The van der Waals surface area contributed by atoms with Crippen molar-refractivity contribution in [2.45, 2.75) is 39.8 Å². The molecule has 7 nitrogen and oxygen atoms in total. The zero-order valence-electron chi connectivity index (χ0n) is 21.4. The van der Waals surface area contributed by atoms with E-state index in [0.29, 0.717) is 17.8 Å². The van der Waals surface area contributed by atoms with Gasteiger partial charge in [0, 0.05) is 24.3 Å². The Morgan fingerprint density at radius 3 is 2.55 bits per heavy atom. The highest BCUT2D eigenvalue weighted by molar-refractivity contribution is 7.95. The first-order valence-corrected chi connectivity index (χ1v) is 13.9. The molecule has 3 aromatic carbocycles. The lowest BCUT2D eigenvalue weighted by molar-refractivity contribution is -0.116. The van der Waals surface area contributed by atoms with Crippen LogP contribution in [0.4, 0.5) is 15.8 Å². The van der Waals surface area contributed by atoms with Gasteiger partial charge in [-0.2, -0.15) is 0 Å². The Bertz CT molecular complexity index is 1550. The van der Waals surface area contributed by atoms with Crippen molar-refractivity contribution >= 4 is 27.1 Å². The molecule has 0 aliphatic carbocycles. The topological polar surface area (TPSA) is 95.9 Å². The molecule has 0 bridgehead atoms. The zero-order chi connectivity index (χ0) is 27.2.